The molecule has 0 amide bonds. The molecule has 0 bridgehead atoms. The number of halogens is 3. The number of aryl methyl sites for hydroxylation is 1. The maximum Gasteiger partial charge on any atom is 0.491 e. The minimum Gasteiger partial charge on any atom is -0.433 e. The van der Waals surface area contributed by atoms with E-state index in [9.17, 15) is 22.8 Å². The molecule has 13 heteroatoms. The first-order valence-electron chi connectivity index (χ1n) is 11.1. The molecule has 1 unspecified atom stereocenters. The molecule has 36 heavy (non-hydrogen) atoms. The lowest BCUT2D eigenvalue weighted by Crippen LogP contribution is -2.54. The lowest BCUT2D eigenvalue weighted by atomic mass is 10.2. The Bertz CT molecular complexity index is 1370. The predicted octanol–water partition coefficient (Wildman–Crippen LogP) is 1.61. The van der Waals surface area contributed by atoms with Gasteiger partial charge >= 0.3 is 17.8 Å². The highest BCUT2D eigenvalue weighted by atomic mass is 19.4. The second-order valence-electron chi connectivity index (χ2n) is 7.99. The zero-order chi connectivity index (χ0) is 25.9. The monoisotopic (exact) mass is 503 g/mol. The Morgan fingerprint density at radius 3 is 2.72 bits per heavy atom. The number of ether oxygens (including phenoxy) is 1. The number of hydrogen-bond acceptors (Lipinski definition) is 8. The van der Waals surface area contributed by atoms with E-state index in [1.165, 1.54) is 21.1 Å². The summed E-state index contributed by atoms with van der Waals surface area (Å²) < 4.78 is 46.4. The van der Waals surface area contributed by atoms with E-state index in [1.807, 2.05) is 30.3 Å². The molecule has 2 aromatic heterocycles. The van der Waals surface area contributed by atoms with Crippen molar-refractivity contribution in [3.63, 3.8) is 0 Å². The molecule has 3 aromatic rings. The number of piperazine rings is 1. The molecule has 2 N–H and O–H groups in total. The number of nitrogens with one attached hydrogen (secondary N) is 2. The van der Waals surface area contributed by atoms with Gasteiger partial charge in [-0.15, -0.1) is 5.92 Å². The largest absolute Gasteiger partial charge is 0.491 e. The third-order valence-electron chi connectivity index (χ3n) is 5.60. The van der Waals surface area contributed by atoms with E-state index in [2.05, 4.69) is 32.4 Å². The van der Waals surface area contributed by atoms with Gasteiger partial charge in [0.2, 0.25) is 5.95 Å². The molecule has 1 atom stereocenters. The molecule has 0 aliphatic carbocycles. The van der Waals surface area contributed by atoms with E-state index >= 15 is 0 Å². The number of imidazole rings is 1. The summed E-state index contributed by atoms with van der Waals surface area (Å²) in [5.74, 6) is 3.57. The fourth-order valence-electron chi connectivity index (χ4n) is 3.85. The Balaban J connectivity index is 1.82. The fourth-order valence-corrected chi connectivity index (χ4v) is 3.85. The van der Waals surface area contributed by atoms with Gasteiger partial charge in [0.05, 0.1) is 13.1 Å². The van der Waals surface area contributed by atoms with Crippen LogP contribution in [0.3, 0.4) is 0 Å². The number of fused-ring (bicyclic) bond motifs is 1. The van der Waals surface area contributed by atoms with Crippen molar-refractivity contribution in [1.29, 1.82) is 0 Å². The highest BCUT2D eigenvalue weighted by Gasteiger charge is 2.44. The van der Waals surface area contributed by atoms with E-state index in [0.717, 1.165) is 5.56 Å². The van der Waals surface area contributed by atoms with E-state index in [1.54, 1.807) is 6.92 Å². The highest BCUT2D eigenvalue weighted by Crippen LogP contribution is 2.29. The summed E-state index contributed by atoms with van der Waals surface area (Å²) in [6, 6.07) is 9.46. The molecule has 4 rings (SSSR count). The molecule has 0 saturated carbocycles. The summed E-state index contributed by atoms with van der Waals surface area (Å²) >= 11 is 0. The van der Waals surface area contributed by atoms with Crippen LogP contribution in [0.4, 0.5) is 24.9 Å². The van der Waals surface area contributed by atoms with Crippen molar-refractivity contribution < 1.29 is 22.7 Å². The molecular formula is C23H24F3N7O3. The van der Waals surface area contributed by atoms with Gasteiger partial charge in [-0.1, -0.05) is 36.3 Å². The maximum atomic E-state index is 13.0. The van der Waals surface area contributed by atoms with E-state index in [-0.39, 0.29) is 42.6 Å². The highest BCUT2D eigenvalue weighted by molar-refractivity contribution is 5.86. The number of carbonyl (C=O) groups is 1. The minimum atomic E-state index is -5.15. The van der Waals surface area contributed by atoms with Gasteiger partial charge in [-0.05, 0) is 12.5 Å². The number of anilines is 2. The van der Waals surface area contributed by atoms with Crippen molar-refractivity contribution in [1.82, 2.24) is 24.4 Å². The summed E-state index contributed by atoms with van der Waals surface area (Å²) in [7, 11) is 1.54. The van der Waals surface area contributed by atoms with Crippen molar-refractivity contribution in [3.8, 4) is 11.8 Å². The summed E-state index contributed by atoms with van der Waals surface area (Å²) in [6.45, 7) is 2.52. The van der Waals surface area contributed by atoms with E-state index in [0.29, 0.717) is 13.1 Å². The van der Waals surface area contributed by atoms with Crippen molar-refractivity contribution in [2.45, 2.75) is 32.4 Å². The molecule has 0 spiro atoms. The number of nitrogens with zero attached hydrogens (tertiary/aromatic N) is 5. The summed E-state index contributed by atoms with van der Waals surface area (Å²) in [5, 5.41) is 6.03. The van der Waals surface area contributed by atoms with Gasteiger partial charge in [-0.3, -0.25) is 9.13 Å². The van der Waals surface area contributed by atoms with Gasteiger partial charge in [0.25, 0.3) is 0 Å². The van der Waals surface area contributed by atoms with Gasteiger partial charge in [-0.2, -0.15) is 23.1 Å². The molecule has 3 heterocycles. The Morgan fingerprint density at radius 2 is 2.03 bits per heavy atom. The third-order valence-corrected chi connectivity index (χ3v) is 5.60. The van der Waals surface area contributed by atoms with Crippen molar-refractivity contribution in [2.75, 3.05) is 29.9 Å². The lowest BCUT2D eigenvalue weighted by molar-refractivity contribution is -0.205. The number of benzene rings is 1. The average molecular weight is 503 g/mol. The summed E-state index contributed by atoms with van der Waals surface area (Å²) in [6.07, 6.45) is -6.47. The number of hydrogen-bond donors (Lipinski definition) is 2. The smallest absolute Gasteiger partial charge is 0.433 e. The first kappa shape index (κ1) is 25.1. The zero-order valence-electron chi connectivity index (χ0n) is 19.6. The van der Waals surface area contributed by atoms with E-state index < -0.39 is 24.1 Å². The minimum absolute atomic E-state index is 0.0267. The van der Waals surface area contributed by atoms with Gasteiger partial charge < -0.3 is 20.3 Å². The number of rotatable bonds is 6. The van der Waals surface area contributed by atoms with Crippen LogP contribution in [0, 0.1) is 11.8 Å². The standard InChI is InChI=1S/C23H24F3N7O3/c1-3-4-11-33-17-18(31(2)22(33)35)29-21(28-13-15-8-6-5-7-9-15)30-19(17)32-12-10-27-14-16(32)36-20(34)23(24,25)26/h5-9,16,27H,10-14H2,1-2H3,(H,28,29,30). The van der Waals surface area contributed by atoms with Crippen molar-refractivity contribution >= 4 is 28.9 Å². The van der Waals surface area contributed by atoms with Crippen LogP contribution in [-0.4, -0.2) is 57.1 Å². The number of alkyl halides is 3. The Hall–Kier alpha value is -4.05. The van der Waals surface area contributed by atoms with Gasteiger partial charge in [0, 0.05) is 26.7 Å². The number of aromatic nitrogens is 4. The zero-order valence-corrected chi connectivity index (χ0v) is 19.6. The van der Waals surface area contributed by atoms with Crippen LogP contribution in [0.2, 0.25) is 0 Å². The van der Waals surface area contributed by atoms with Gasteiger partial charge in [-0.25, -0.2) is 9.59 Å². The van der Waals surface area contributed by atoms with Crippen LogP contribution in [-0.2, 0) is 29.7 Å². The SMILES string of the molecule is CC#CCn1c(=O)n(C)c2nc(NCc3ccccc3)nc(N3CCNCC3OC(=O)C(F)(F)F)c21. The fraction of sp³-hybridized carbons (Fsp3) is 0.391. The number of carbonyl (C=O) groups excluding carboxylic acids is 1. The predicted molar refractivity (Wildman–Crippen MR) is 126 cm³/mol. The number of esters is 1. The second kappa shape index (κ2) is 10.3. The Kier molecular flexibility index (Phi) is 7.16. The van der Waals surface area contributed by atoms with Crippen LogP contribution in [0.15, 0.2) is 35.1 Å². The molecule has 0 radical (unpaired) electrons. The molecule has 1 aliphatic rings. The molecule has 10 nitrogen and oxygen atoms in total. The summed E-state index contributed by atoms with van der Waals surface area (Å²) in [4.78, 5) is 35.2. The van der Waals surface area contributed by atoms with Crippen LogP contribution < -0.4 is 21.2 Å². The molecule has 1 aliphatic heterocycles. The first-order valence-corrected chi connectivity index (χ1v) is 11.1. The topological polar surface area (TPSA) is 106 Å². The second-order valence-corrected chi connectivity index (χ2v) is 7.99. The quantitative estimate of drug-likeness (QED) is 0.386. The van der Waals surface area contributed by atoms with Crippen LogP contribution >= 0.6 is 0 Å². The normalized spacial score (nSPS) is 15.9. The molecule has 1 aromatic carbocycles. The van der Waals surface area contributed by atoms with Crippen LogP contribution in [0.25, 0.3) is 11.2 Å². The van der Waals surface area contributed by atoms with Crippen molar-refractivity contribution in [3.05, 3.63) is 46.4 Å². The Labute approximate surface area is 204 Å². The average Bonchev–Trinajstić information content (AvgIpc) is 3.10. The molecule has 1 fully saturated rings. The van der Waals surface area contributed by atoms with Gasteiger partial charge in [0.15, 0.2) is 17.7 Å². The lowest BCUT2D eigenvalue weighted by Gasteiger charge is -2.36. The van der Waals surface area contributed by atoms with E-state index in [4.69, 9.17) is 4.74 Å². The molecule has 190 valence electrons. The first-order chi connectivity index (χ1) is 17.2. The third kappa shape index (κ3) is 5.13. The van der Waals surface area contributed by atoms with Crippen molar-refractivity contribution in [2.24, 2.45) is 7.05 Å². The molecular weight excluding hydrogens is 479 g/mol. The van der Waals surface area contributed by atoms with Crippen LogP contribution in [0.5, 0.6) is 0 Å². The maximum absolute atomic E-state index is 13.0. The summed E-state index contributed by atoms with van der Waals surface area (Å²) in [5.41, 5.74) is 1.08. The van der Waals surface area contributed by atoms with Crippen LogP contribution in [0.1, 0.15) is 12.5 Å². The molecule has 1 saturated heterocycles. The Morgan fingerprint density at radius 1 is 1.28 bits per heavy atom. The van der Waals surface area contributed by atoms with Gasteiger partial charge in [0.1, 0.15) is 5.52 Å².